The largest absolute Gasteiger partial charge is 0.290 e. The minimum atomic E-state index is -4.48. The summed E-state index contributed by atoms with van der Waals surface area (Å²) in [5.41, 5.74) is -0.840. The van der Waals surface area contributed by atoms with Gasteiger partial charge in [-0.3, -0.25) is 10.1 Å². The smallest absolute Gasteiger partial charge is 0.258 e. The van der Waals surface area contributed by atoms with Gasteiger partial charge in [0, 0.05) is 16.7 Å². The van der Waals surface area contributed by atoms with Crippen LogP contribution in [0.4, 0.5) is 10.1 Å². The second kappa shape index (κ2) is 4.33. The Hall–Kier alpha value is -0.630. The Labute approximate surface area is 103 Å². The highest BCUT2D eigenvalue weighted by Crippen LogP contribution is 2.38. The molecule has 0 aromatic heterocycles. The molecule has 0 heterocycles. The second-order valence-corrected chi connectivity index (χ2v) is 5.82. The number of nitro benzene ring substituents is 1. The van der Waals surface area contributed by atoms with Gasteiger partial charge in [-0.1, -0.05) is 23.2 Å². The first-order valence-electron chi connectivity index (χ1n) is 3.42. The average molecular weight is 309 g/mol. The highest BCUT2D eigenvalue weighted by molar-refractivity contribution is 8.13. The van der Waals surface area contributed by atoms with Gasteiger partial charge in [-0.05, 0) is 0 Å². The van der Waals surface area contributed by atoms with Crippen LogP contribution in [0.2, 0.25) is 10.0 Å². The number of nitro groups is 1. The molecule has 0 saturated carbocycles. The Balaban J connectivity index is 3.74. The molecule has 88 valence electrons. The Kier molecular flexibility index (Phi) is 3.63. The van der Waals surface area contributed by atoms with Crippen molar-refractivity contribution in [3.8, 4) is 0 Å². The van der Waals surface area contributed by atoms with Crippen LogP contribution in [0.25, 0.3) is 0 Å². The van der Waals surface area contributed by atoms with Crippen LogP contribution in [0.5, 0.6) is 0 Å². The molecular weight excluding hydrogens is 307 g/mol. The van der Waals surface area contributed by atoms with Gasteiger partial charge < -0.3 is 0 Å². The summed E-state index contributed by atoms with van der Waals surface area (Å²) in [5.74, 6) is -1.42. The Bertz CT molecular complexity index is 574. The third kappa shape index (κ3) is 2.37. The summed E-state index contributed by atoms with van der Waals surface area (Å²) in [6.45, 7) is 0. The van der Waals surface area contributed by atoms with Crippen LogP contribution in [-0.4, -0.2) is 13.3 Å². The normalized spacial score (nSPS) is 11.5. The summed E-state index contributed by atoms with van der Waals surface area (Å²) < 4.78 is 35.1. The fourth-order valence-electron chi connectivity index (χ4n) is 0.878. The zero-order chi connectivity index (χ0) is 12.7. The maximum Gasteiger partial charge on any atom is 0.290 e. The molecule has 0 aliphatic carbocycles. The van der Waals surface area contributed by atoms with E-state index in [1.807, 2.05) is 0 Å². The quantitative estimate of drug-likeness (QED) is 0.364. The first-order valence-corrected chi connectivity index (χ1v) is 6.49. The van der Waals surface area contributed by atoms with Gasteiger partial charge in [-0.15, -0.1) is 0 Å². The van der Waals surface area contributed by atoms with Crippen LogP contribution in [-0.2, 0) is 9.05 Å². The maximum atomic E-state index is 13.3. The topological polar surface area (TPSA) is 77.3 Å². The van der Waals surface area contributed by atoms with Gasteiger partial charge in [0.15, 0.2) is 5.82 Å². The molecule has 0 amide bonds. The van der Waals surface area contributed by atoms with Crippen molar-refractivity contribution < 1.29 is 17.7 Å². The van der Waals surface area contributed by atoms with Crippen molar-refractivity contribution in [1.29, 1.82) is 0 Å². The minimum Gasteiger partial charge on any atom is -0.258 e. The standard InChI is InChI=1S/C6HCl3FNO4S/c7-4-2(11(12)13)1-3(16(9,14)15)6(10)5(4)8/h1H. The third-order valence-electron chi connectivity index (χ3n) is 1.55. The highest BCUT2D eigenvalue weighted by Gasteiger charge is 2.28. The minimum absolute atomic E-state index is 0.409. The Morgan fingerprint density at radius 2 is 1.81 bits per heavy atom. The van der Waals surface area contributed by atoms with Crippen molar-refractivity contribution in [2.75, 3.05) is 0 Å². The third-order valence-corrected chi connectivity index (χ3v) is 3.71. The van der Waals surface area contributed by atoms with Crippen LogP contribution in [0.3, 0.4) is 0 Å². The van der Waals surface area contributed by atoms with Crippen molar-refractivity contribution in [2.45, 2.75) is 4.90 Å². The zero-order valence-corrected chi connectivity index (χ0v) is 10.2. The number of rotatable bonds is 2. The molecule has 0 fully saturated rings. The molecule has 10 heteroatoms. The fourth-order valence-corrected chi connectivity index (χ4v) is 2.24. The van der Waals surface area contributed by atoms with E-state index in [4.69, 9.17) is 33.9 Å². The van der Waals surface area contributed by atoms with E-state index < -0.39 is 40.4 Å². The van der Waals surface area contributed by atoms with E-state index in [1.54, 1.807) is 0 Å². The Morgan fingerprint density at radius 3 is 2.19 bits per heavy atom. The number of hydrogen-bond acceptors (Lipinski definition) is 4. The SMILES string of the molecule is O=[N+]([O-])c1cc(S(=O)(=O)Cl)c(F)c(Cl)c1Cl. The summed E-state index contributed by atoms with van der Waals surface area (Å²) in [6, 6.07) is 0.409. The average Bonchev–Trinajstić information content (AvgIpc) is 2.11. The number of halogens is 4. The summed E-state index contributed by atoms with van der Waals surface area (Å²) in [5, 5.41) is 8.91. The lowest BCUT2D eigenvalue weighted by atomic mass is 10.3. The highest BCUT2D eigenvalue weighted by atomic mass is 35.7. The summed E-state index contributed by atoms with van der Waals surface area (Å²) in [4.78, 5) is 8.38. The molecule has 5 nitrogen and oxygen atoms in total. The lowest BCUT2D eigenvalue weighted by molar-refractivity contribution is -0.385. The van der Waals surface area contributed by atoms with Gasteiger partial charge in [0.05, 0.1) is 4.92 Å². The van der Waals surface area contributed by atoms with Crippen LogP contribution in [0.15, 0.2) is 11.0 Å². The first kappa shape index (κ1) is 13.4. The van der Waals surface area contributed by atoms with Crippen LogP contribution in [0.1, 0.15) is 0 Å². The summed E-state index contributed by atoms with van der Waals surface area (Å²) in [6.07, 6.45) is 0. The zero-order valence-electron chi connectivity index (χ0n) is 7.08. The number of hydrogen-bond donors (Lipinski definition) is 0. The lowest BCUT2D eigenvalue weighted by Crippen LogP contribution is -2.00. The van der Waals surface area contributed by atoms with Crippen molar-refractivity contribution in [1.82, 2.24) is 0 Å². The predicted molar refractivity (Wildman–Crippen MR) is 56.1 cm³/mol. The van der Waals surface area contributed by atoms with Gasteiger partial charge in [0.2, 0.25) is 0 Å². The molecule has 0 bridgehead atoms. The molecule has 0 spiro atoms. The van der Waals surface area contributed by atoms with E-state index in [9.17, 15) is 22.9 Å². The fraction of sp³-hybridized carbons (Fsp3) is 0. The number of benzene rings is 1. The van der Waals surface area contributed by atoms with Gasteiger partial charge in [-0.2, -0.15) is 0 Å². The van der Waals surface area contributed by atoms with Gasteiger partial charge in [0.25, 0.3) is 14.7 Å². The van der Waals surface area contributed by atoms with Gasteiger partial charge >= 0.3 is 0 Å². The molecule has 0 radical (unpaired) electrons. The monoisotopic (exact) mass is 307 g/mol. The molecule has 1 aromatic rings. The van der Waals surface area contributed by atoms with Crippen molar-refractivity contribution >= 4 is 48.6 Å². The van der Waals surface area contributed by atoms with Crippen molar-refractivity contribution in [3.05, 3.63) is 32.0 Å². The summed E-state index contributed by atoms with van der Waals surface area (Å²) >= 11 is 10.7. The van der Waals surface area contributed by atoms with Crippen molar-refractivity contribution in [2.24, 2.45) is 0 Å². The van der Waals surface area contributed by atoms with Crippen LogP contribution < -0.4 is 0 Å². The Morgan fingerprint density at radius 1 is 1.31 bits per heavy atom. The van der Waals surface area contributed by atoms with Crippen molar-refractivity contribution in [3.63, 3.8) is 0 Å². The maximum absolute atomic E-state index is 13.3. The van der Waals surface area contributed by atoms with E-state index in [-0.39, 0.29) is 0 Å². The molecule has 0 aliphatic heterocycles. The second-order valence-electron chi connectivity index (χ2n) is 2.53. The molecule has 1 aromatic carbocycles. The molecule has 16 heavy (non-hydrogen) atoms. The van der Waals surface area contributed by atoms with E-state index in [1.165, 1.54) is 0 Å². The molecule has 0 unspecified atom stereocenters. The molecule has 0 aliphatic rings. The molecule has 0 N–H and O–H groups in total. The van der Waals surface area contributed by atoms with Gasteiger partial charge in [0.1, 0.15) is 14.9 Å². The van der Waals surface area contributed by atoms with E-state index in [0.29, 0.717) is 6.07 Å². The van der Waals surface area contributed by atoms with E-state index in [0.717, 1.165) is 0 Å². The predicted octanol–water partition coefficient (Wildman–Crippen LogP) is 2.97. The van der Waals surface area contributed by atoms with E-state index in [2.05, 4.69) is 0 Å². The summed E-state index contributed by atoms with van der Waals surface area (Å²) in [7, 11) is 0.394. The van der Waals surface area contributed by atoms with E-state index >= 15 is 0 Å². The molecule has 1 rings (SSSR count). The number of nitrogens with zero attached hydrogens (tertiary/aromatic N) is 1. The lowest BCUT2D eigenvalue weighted by Gasteiger charge is -2.03. The first-order chi connectivity index (χ1) is 7.16. The van der Waals surface area contributed by atoms with Crippen LogP contribution >= 0.6 is 33.9 Å². The molecule has 0 atom stereocenters. The van der Waals surface area contributed by atoms with Gasteiger partial charge in [-0.25, -0.2) is 12.8 Å². The molecule has 0 saturated heterocycles. The molecular formula is C6HCl3FNO4S. The van der Waals surface area contributed by atoms with Crippen LogP contribution in [0, 0.1) is 15.9 Å².